The number of rotatable bonds is 2. The van der Waals surface area contributed by atoms with Gasteiger partial charge in [0, 0.05) is 28.9 Å². The van der Waals surface area contributed by atoms with Crippen LogP contribution in [0.25, 0.3) is 22.0 Å². The van der Waals surface area contributed by atoms with E-state index in [0.29, 0.717) is 28.8 Å². The van der Waals surface area contributed by atoms with E-state index in [-0.39, 0.29) is 12.1 Å². The number of aliphatic imine (C=N–C) groups is 1. The Hall–Kier alpha value is -3.29. The number of hydrogen-bond donors (Lipinski definition) is 1. The second-order valence-electron chi connectivity index (χ2n) is 6.09. The molecule has 0 unspecified atom stereocenters. The third-order valence-electron chi connectivity index (χ3n) is 4.47. The van der Waals surface area contributed by atoms with E-state index in [1.807, 2.05) is 0 Å². The van der Waals surface area contributed by atoms with Crippen LogP contribution in [-0.4, -0.2) is 17.1 Å². The summed E-state index contributed by atoms with van der Waals surface area (Å²) in [6.45, 7) is 0.278. The number of pyridine rings is 1. The molecule has 27 heavy (non-hydrogen) atoms. The Morgan fingerprint density at radius 3 is 2.67 bits per heavy atom. The van der Waals surface area contributed by atoms with Crippen molar-refractivity contribution in [3.8, 4) is 11.1 Å². The molecule has 0 aliphatic carbocycles. The fraction of sp³-hybridized carbons (Fsp3) is 0.105. The molecule has 0 saturated carbocycles. The largest absolute Gasteiger partial charge is 0.417 e. The van der Waals surface area contributed by atoms with Crippen molar-refractivity contribution in [1.29, 1.82) is 0 Å². The van der Waals surface area contributed by atoms with Crippen LogP contribution in [0.5, 0.6) is 0 Å². The molecule has 0 saturated heterocycles. The van der Waals surface area contributed by atoms with Crippen molar-refractivity contribution in [2.75, 3.05) is 0 Å². The topological polar surface area (TPSA) is 68.3 Å². The van der Waals surface area contributed by atoms with Gasteiger partial charge in [-0.15, -0.1) is 0 Å². The third kappa shape index (κ3) is 2.73. The molecule has 2 heterocycles. The van der Waals surface area contributed by atoms with E-state index in [1.165, 1.54) is 18.5 Å². The molecule has 1 aliphatic heterocycles. The monoisotopic (exact) mass is 373 g/mol. The molecule has 2 aromatic carbocycles. The molecular formula is C19H11F4N3O. The molecule has 0 fully saturated rings. The lowest BCUT2D eigenvalue weighted by Crippen LogP contribution is -2.18. The highest BCUT2D eigenvalue weighted by Gasteiger charge is 2.37. The summed E-state index contributed by atoms with van der Waals surface area (Å²) >= 11 is 0. The van der Waals surface area contributed by atoms with E-state index in [0.717, 1.165) is 5.39 Å². The molecule has 1 aliphatic rings. The molecule has 136 valence electrons. The first-order valence-electron chi connectivity index (χ1n) is 7.88. The highest BCUT2D eigenvalue weighted by Crippen LogP contribution is 2.43. The number of nitrogens with two attached hydrogens (primary N) is 1. The number of benzene rings is 2. The summed E-state index contributed by atoms with van der Waals surface area (Å²) in [7, 11) is 0. The molecule has 4 rings (SSSR count). The first-order chi connectivity index (χ1) is 12.8. The maximum absolute atomic E-state index is 13.8. The normalized spacial score (nSPS) is 13.2. The smallest absolute Gasteiger partial charge is 0.366 e. The summed E-state index contributed by atoms with van der Waals surface area (Å²) < 4.78 is 54.8. The Bertz CT molecular complexity index is 1140. The average molecular weight is 373 g/mol. The van der Waals surface area contributed by atoms with E-state index < -0.39 is 34.6 Å². The van der Waals surface area contributed by atoms with E-state index >= 15 is 0 Å². The fourth-order valence-corrected chi connectivity index (χ4v) is 3.38. The number of hydrogen-bond acceptors (Lipinski definition) is 3. The molecular weight excluding hydrogens is 362 g/mol. The lowest BCUT2D eigenvalue weighted by atomic mass is 9.87. The summed E-state index contributed by atoms with van der Waals surface area (Å²) in [6, 6.07) is 6.04. The van der Waals surface area contributed by atoms with Crippen LogP contribution in [0, 0.1) is 5.82 Å². The van der Waals surface area contributed by atoms with Gasteiger partial charge in [-0.05, 0) is 35.4 Å². The molecule has 0 atom stereocenters. The number of halogens is 4. The Morgan fingerprint density at radius 1 is 1.19 bits per heavy atom. The van der Waals surface area contributed by atoms with Crippen LogP contribution >= 0.6 is 0 Å². The Labute approximate surface area is 150 Å². The molecule has 0 bridgehead atoms. The van der Waals surface area contributed by atoms with Crippen LogP contribution in [-0.2, 0) is 12.7 Å². The quantitative estimate of drug-likeness (QED) is 0.688. The zero-order valence-corrected chi connectivity index (χ0v) is 13.6. The predicted octanol–water partition coefficient (Wildman–Crippen LogP) is 4.09. The van der Waals surface area contributed by atoms with Crippen LogP contribution in [0.2, 0.25) is 0 Å². The number of carbonyl (C=O) groups excluding carboxylic acids is 1. The molecule has 8 heteroatoms. The third-order valence-corrected chi connectivity index (χ3v) is 4.47. The lowest BCUT2D eigenvalue weighted by molar-refractivity contribution is -0.137. The van der Waals surface area contributed by atoms with Crippen molar-refractivity contribution >= 4 is 23.0 Å². The second kappa shape index (κ2) is 5.87. The van der Waals surface area contributed by atoms with Gasteiger partial charge >= 0.3 is 6.18 Å². The fourth-order valence-electron chi connectivity index (χ4n) is 3.38. The van der Waals surface area contributed by atoms with Crippen molar-refractivity contribution in [3.63, 3.8) is 0 Å². The number of aromatic nitrogens is 1. The van der Waals surface area contributed by atoms with Crippen molar-refractivity contribution in [3.05, 3.63) is 64.6 Å². The molecule has 3 aromatic rings. The first kappa shape index (κ1) is 17.1. The highest BCUT2D eigenvalue weighted by molar-refractivity contribution is 6.08. The average Bonchev–Trinajstić information content (AvgIpc) is 3.09. The van der Waals surface area contributed by atoms with Gasteiger partial charge in [0.05, 0.1) is 23.2 Å². The minimum atomic E-state index is -4.89. The number of primary amides is 1. The van der Waals surface area contributed by atoms with Crippen molar-refractivity contribution in [2.24, 2.45) is 10.7 Å². The predicted molar refractivity (Wildman–Crippen MR) is 92.0 cm³/mol. The molecule has 1 aromatic heterocycles. The summed E-state index contributed by atoms with van der Waals surface area (Å²) in [5.74, 6) is -2.34. The number of carbonyl (C=O) groups is 1. The van der Waals surface area contributed by atoms with E-state index in [2.05, 4.69) is 9.98 Å². The zero-order chi connectivity index (χ0) is 19.3. The van der Waals surface area contributed by atoms with E-state index in [9.17, 15) is 22.4 Å². The van der Waals surface area contributed by atoms with E-state index in [1.54, 1.807) is 12.1 Å². The van der Waals surface area contributed by atoms with Gasteiger partial charge in [-0.3, -0.25) is 14.8 Å². The molecule has 1 amide bonds. The molecule has 4 nitrogen and oxygen atoms in total. The first-order valence-corrected chi connectivity index (χ1v) is 7.88. The zero-order valence-electron chi connectivity index (χ0n) is 13.6. The Balaban J connectivity index is 2.17. The number of alkyl halides is 3. The highest BCUT2D eigenvalue weighted by atomic mass is 19.4. The van der Waals surface area contributed by atoms with Gasteiger partial charge in [0.2, 0.25) is 5.91 Å². The van der Waals surface area contributed by atoms with Crippen LogP contribution < -0.4 is 5.73 Å². The van der Waals surface area contributed by atoms with Crippen molar-refractivity contribution < 1.29 is 22.4 Å². The van der Waals surface area contributed by atoms with Gasteiger partial charge in [0.15, 0.2) is 0 Å². The van der Waals surface area contributed by atoms with Gasteiger partial charge < -0.3 is 5.73 Å². The van der Waals surface area contributed by atoms with Crippen LogP contribution in [0.1, 0.15) is 27.0 Å². The SMILES string of the molecule is NC(=O)c1cc(F)cc(C(F)(F)F)c1-c1cc2ncccc2c2c1C=NC2. The van der Waals surface area contributed by atoms with Gasteiger partial charge in [-0.1, -0.05) is 6.07 Å². The number of amides is 1. The number of nitrogens with zero attached hydrogens (tertiary/aromatic N) is 2. The Morgan fingerprint density at radius 2 is 1.96 bits per heavy atom. The summed E-state index contributed by atoms with van der Waals surface area (Å²) in [5, 5.41) is 0.755. The maximum atomic E-state index is 13.8. The van der Waals surface area contributed by atoms with Crippen LogP contribution in [0.15, 0.2) is 41.5 Å². The van der Waals surface area contributed by atoms with E-state index in [4.69, 9.17) is 5.73 Å². The minimum absolute atomic E-state index is 0.0959. The van der Waals surface area contributed by atoms with Crippen LogP contribution in [0.4, 0.5) is 17.6 Å². The second-order valence-corrected chi connectivity index (χ2v) is 6.09. The van der Waals surface area contributed by atoms with Gasteiger partial charge in [0.1, 0.15) is 5.82 Å². The molecule has 0 radical (unpaired) electrons. The maximum Gasteiger partial charge on any atom is 0.417 e. The van der Waals surface area contributed by atoms with Crippen molar-refractivity contribution in [2.45, 2.75) is 12.7 Å². The summed E-state index contributed by atoms with van der Waals surface area (Å²) in [4.78, 5) is 20.2. The van der Waals surface area contributed by atoms with Gasteiger partial charge in [-0.25, -0.2) is 4.39 Å². The Kier molecular flexibility index (Phi) is 3.73. The number of fused-ring (bicyclic) bond motifs is 3. The minimum Gasteiger partial charge on any atom is -0.366 e. The van der Waals surface area contributed by atoms with Crippen LogP contribution in [0.3, 0.4) is 0 Å². The van der Waals surface area contributed by atoms with Gasteiger partial charge in [0.25, 0.3) is 0 Å². The van der Waals surface area contributed by atoms with Crippen molar-refractivity contribution in [1.82, 2.24) is 4.98 Å². The van der Waals surface area contributed by atoms with Gasteiger partial charge in [-0.2, -0.15) is 13.2 Å². The lowest BCUT2D eigenvalue weighted by Gasteiger charge is -2.19. The standard InChI is InChI=1S/C19H11F4N3O/c20-9-4-12(18(24)27)17(15(5-9)19(21,22)23)11-6-16-10(2-1-3-26-16)13-7-25-8-14(11)13/h1-6,8H,7H2,(H2,24,27). The summed E-state index contributed by atoms with van der Waals surface area (Å²) in [6.07, 6.45) is -1.92. The molecule has 2 N–H and O–H groups in total. The summed E-state index contributed by atoms with van der Waals surface area (Å²) in [5.41, 5.74) is 4.68. The molecule has 0 spiro atoms.